The smallest absolute Gasteiger partial charge is 0.387 e. The molecule has 0 aliphatic carbocycles. The predicted molar refractivity (Wildman–Crippen MR) is 72.4 cm³/mol. The number of ether oxygens (including phenoxy) is 1. The van der Waals surface area contributed by atoms with Crippen LogP contribution < -0.4 is 10.1 Å². The van der Waals surface area contributed by atoms with Gasteiger partial charge in [-0.2, -0.15) is 8.78 Å². The van der Waals surface area contributed by atoms with Crippen molar-refractivity contribution < 1.29 is 18.4 Å². The number of dihydropyridines is 1. The Morgan fingerprint density at radius 1 is 1.33 bits per heavy atom. The molecule has 21 heavy (non-hydrogen) atoms. The number of rotatable bonds is 4. The fraction of sp³-hybridized carbons (Fsp3) is 0.286. The molecule has 112 valence electrons. The molecule has 0 saturated heterocycles. The second-order valence-corrected chi connectivity index (χ2v) is 4.64. The van der Waals surface area contributed by atoms with Crippen LogP contribution in [0.2, 0.25) is 0 Å². The monoisotopic (exact) mass is 296 g/mol. The van der Waals surface area contributed by atoms with Gasteiger partial charge in [0.2, 0.25) is 0 Å². The van der Waals surface area contributed by atoms with Crippen molar-refractivity contribution in [1.29, 1.82) is 0 Å². The van der Waals surface area contributed by atoms with Crippen molar-refractivity contribution >= 4 is 0 Å². The Bertz CT molecular complexity index is 626. The third-order valence-electron chi connectivity index (χ3n) is 3.15. The maximum Gasteiger partial charge on any atom is 0.387 e. The molecular weight excluding hydrogens is 282 g/mol. The Morgan fingerprint density at radius 2 is 2.00 bits per heavy atom. The third-order valence-corrected chi connectivity index (χ3v) is 3.15. The summed E-state index contributed by atoms with van der Waals surface area (Å²) in [5, 5.41) is 14.2. The summed E-state index contributed by atoms with van der Waals surface area (Å²) >= 11 is 0. The van der Waals surface area contributed by atoms with Crippen LogP contribution in [0.5, 0.6) is 5.75 Å². The number of hydrogen-bond donors (Lipinski definition) is 1. The van der Waals surface area contributed by atoms with Crippen molar-refractivity contribution in [2.75, 3.05) is 0 Å². The fourth-order valence-corrected chi connectivity index (χ4v) is 2.39. The number of benzene rings is 1. The van der Waals surface area contributed by atoms with E-state index in [0.717, 1.165) is 5.70 Å². The summed E-state index contributed by atoms with van der Waals surface area (Å²) in [6, 6.07) is 6.10. The van der Waals surface area contributed by atoms with E-state index in [1.807, 2.05) is 0 Å². The second kappa shape index (κ2) is 5.90. The topological polar surface area (TPSA) is 64.4 Å². The van der Waals surface area contributed by atoms with E-state index in [-0.39, 0.29) is 11.4 Å². The van der Waals surface area contributed by atoms with Gasteiger partial charge in [-0.1, -0.05) is 18.2 Å². The Labute approximate surface area is 120 Å². The molecule has 1 aromatic rings. The molecule has 0 amide bonds. The highest BCUT2D eigenvalue weighted by Crippen LogP contribution is 2.37. The average Bonchev–Trinajstić information content (AvgIpc) is 2.37. The minimum atomic E-state index is -2.98. The summed E-state index contributed by atoms with van der Waals surface area (Å²) in [6.45, 7) is 0.351. The van der Waals surface area contributed by atoms with Gasteiger partial charge in [-0.15, -0.1) is 0 Å². The van der Waals surface area contributed by atoms with Gasteiger partial charge in [-0.25, -0.2) is 0 Å². The summed E-state index contributed by atoms with van der Waals surface area (Å²) in [6.07, 6.45) is 1.62. The molecule has 1 atom stereocenters. The van der Waals surface area contributed by atoms with Crippen molar-refractivity contribution in [3.8, 4) is 5.75 Å². The Balaban J connectivity index is 2.53. The quantitative estimate of drug-likeness (QED) is 0.683. The zero-order valence-corrected chi connectivity index (χ0v) is 11.5. The van der Waals surface area contributed by atoms with Crippen LogP contribution in [0, 0.1) is 10.1 Å². The minimum absolute atomic E-state index is 0.0596. The summed E-state index contributed by atoms with van der Waals surface area (Å²) in [7, 11) is 0. The first-order chi connectivity index (χ1) is 9.90. The Morgan fingerprint density at radius 3 is 2.62 bits per heavy atom. The average molecular weight is 296 g/mol. The van der Waals surface area contributed by atoms with Crippen LogP contribution >= 0.6 is 0 Å². The second-order valence-electron chi connectivity index (χ2n) is 4.64. The molecule has 0 radical (unpaired) electrons. The molecule has 0 fully saturated rings. The van der Waals surface area contributed by atoms with E-state index in [0.29, 0.717) is 11.3 Å². The molecule has 2 rings (SSSR count). The molecule has 0 bridgehead atoms. The number of nitro groups is 1. The molecule has 7 heteroatoms. The first kappa shape index (κ1) is 15.0. The third kappa shape index (κ3) is 3.18. The zero-order chi connectivity index (χ0) is 15.6. The highest BCUT2D eigenvalue weighted by molar-refractivity contribution is 5.45. The van der Waals surface area contributed by atoms with Crippen LogP contribution in [0.15, 0.2) is 47.4 Å². The van der Waals surface area contributed by atoms with Crippen LogP contribution in [0.4, 0.5) is 8.78 Å². The number of nitrogens with one attached hydrogen (secondary N) is 1. The van der Waals surface area contributed by atoms with Crippen molar-refractivity contribution in [3.63, 3.8) is 0 Å². The highest BCUT2D eigenvalue weighted by Gasteiger charge is 2.33. The molecule has 1 aliphatic rings. The molecule has 1 N–H and O–H groups in total. The van der Waals surface area contributed by atoms with Crippen molar-refractivity contribution in [2.45, 2.75) is 26.4 Å². The van der Waals surface area contributed by atoms with Crippen molar-refractivity contribution in [2.24, 2.45) is 0 Å². The molecule has 0 aromatic heterocycles. The van der Waals surface area contributed by atoms with Gasteiger partial charge in [0.05, 0.1) is 10.6 Å². The molecule has 1 heterocycles. The van der Waals surface area contributed by atoms with Crippen LogP contribution in [-0.4, -0.2) is 11.5 Å². The van der Waals surface area contributed by atoms with Crippen molar-refractivity contribution in [3.05, 3.63) is 63.1 Å². The molecule has 5 nitrogen and oxygen atoms in total. The van der Waals surface area contributed by atoms with E-state index in [4.69, 9.17) is 0 Å². The lowest BCUT2D eigenvalue weighted by atomic mass is 9.91. The molecule has 1 aliphatic heterocycles. The van der Waals surface area contributed by atoms with E-state index >= 15 is 0 Å². The van der Waals surface area contributed by atoms with Gasteiger partial charge in [0.15, 0.2) is 0 Å². The number of allylic oxidation sites excluding steroid dienone is 3. The largest absolute Gasteiger partial charge is 0.435 e. The van der Waals surface area contributed by atoms with Crippen LogP contribution in [0.1, 0.15) is 25.3 Å². The molecule has 0 saturated carbocycles. The van der Waals surface area contributed by atoms with E-state index in [2.05, 4.69) is 10.1 Å². The fourth-order valence-electron chi connectivity index (χ4n) is 2.39. The first-order valence-corrected chi connectivity index (χ1v) is 6.24. The van der Waals surface area contributed by atoms with Crippen LogP contribution in [0.25, 0.3) is 0 Å². The summed E-state index contributed by atoms with van der Waals surface area (Å²) in [4.78, 5) is 10.8. The maximum atomic E-state index is 12.5. The predicted octanol–water partition coefficient (Wildman–Crippen LogP) is 3.39. The number of para-hydroxylation sites is 1. The van der Waals surface area contributed by atoms with Gasteiger partial charge in [0.25, 0.3) is 5.70 Å². The Hall–Kier alpha value is -2.44. The van der Waals surface area contributed by atoms with E-state index in [1.54, 1.807) is 38.1 Å². The lowest BCUT2D eigenvalue weighted by Gasteiger charge is -2.22. The standard InChI is InChI=1S/C14H14F2N2O3/c1-8-7-11(13(18(19)20)9(2)17-8)10-5-3-4-6-12(10)21-14(15)16/h3-7,11,14,17H,1-2H3/t11-/m1/s1. The van der Waals surface area contributed by atoms with Crippen LogP contribution in [0.3, 0.4) is 0 Å². The highest BCUT2D eigenvalue weighted by atomic mass is 19.3. The van der Waals surface area contributed by atoms with E-state index < -0.39 is 17.5 Å². The number of nitrogens with zero attached hydrogens (tertiary/aromatic N) is 1. The van der Waals surface area contributed by atoms with Gasteiger partial charge in [0.1, 0.15) is 11.7 Å². The summed E-state index contributed by atoms with van der Waals surface area (Å²) in [5.41, 5.74) is 1.36. The van der Waals surface area contributed by atoms with Crippen molar-refractivity contribution in [1.82, 2.24) is 5.32 Å². The molecule has 1 aromatic carbocycles. The van der Waals surface area contributed by atoms with Gasteiger partial charge in [-0.05, 0) is 26.0 Å². The Kier molecular flexibility index (Phi) is 4.21. The minimum Gasteiger partial charge on any atom is -0.435 e. The summed E-state index contributed by atoms with van der Waals surface area (Å²) < 4.78 is 29.4. The SMILES string of the molecule is CC1=C[C@H](c2ccccc2OC(F)F)C([N+](=O)[O-])=C(C)N1. The summed E-state index contributed by atoms with van der Waals surface area (Å²) in [5.74, 6) is -0.799. The first-order valence-electron chi connectivity index (χ1n) is 6.24. The molecular formula is C14H14F2N2O3. The van der Waals surface area contributed by atoms with Gasteiger partial charge < -0.3 is 10.1 Å². The zero-order valence-electron chi connectivity index (χ0n) is 11.5. The maximum absolute atomic E-state index is 12.5. The molecule has 0 unspecified atom stereocenters. The van der Waals surface area contributed by atoms with Crippen LogP contribution in [-0.2, 0) is 0 Å². The van der Waals surface area contributed by atoms with Gasteiger partial charge in [-0.3, -0.25) is 10.1 Å². The number of hydrogen-bond acceptors (Lipinski definition) is 4. The van der Waals surface area contributed by atoms with E-state index in [1.165, 1.54) is 6.07 Å². The molecule has 0 spiro atoms. The van der Waals surface area contributed by atoms with Gasteiger partial charge in [0, 0.05) is 11.3 Å². The lowest BCUT2D eigenvalue weighted by Crippen LogP contribution is -2.24. The number of halogens is 2. The van der Waals surface area contributed by atoms with E-state index in [9.17, 15) is 18.9 Å². The lowest BCUT2D eigenvalue weighted by molar-refractivity contribution is -0.430. The normalized spacial score (nSPS) is 18.3. The van der Waals surface area contributed by atoms with Gasteiger partial charge >= 0.3 is 6.61 Å². The number of alkyl halides is 2.